The first-order valence-corrected chi connectivity index (χ1v) is 13.4. The standard InChI is InChI=1S/C12H18O3.C11H16O2.C10H14O2/c1-8(2)9-6-10(13-3)12(15-5)11(7-9)14-4;1-8(2)9-5-6-10(12-3)11(7-9)13-4;1-7(2)8-4-5-9(11)10(6-8)12-3/h6-8H,1-5H3;5-8H,1-4H3;4-7,11H,1-3H3. The molecule has 0 saturated heterocycles. The van der Waals surface area contributed by atoms with E-state index in [-0.39, 0.29) is 5.75 Å². The molecule has 3 aromatic carbocycles. The molecule has 0 atom stereocenters. The lowest BCUT2D eigenvalue weighted by atomic mass is 10.0. The second-order valence-electron chi connectivity index (χ2n) is 9.97. The van der Waals surface area contributed by atoms with Crippen LogP contribution in [0.2, 0.25) is 0 Å². The van der Waals surface area contributed by atoms with Crippen molar-refractivity contribution in [2.24, 2.45) is 0 Å². The number of hydrogen-bond donors (Lipinski definition) is 1. The molecule has 3 aromatic rings. The van der Waals surface area contributed by atoms with Gasteiger partial charge in [0.15, 0.2) is 34.5 Å². The van der Waals surface area contributed by atoms with Gasteiger partial charge in [-0.3, -0.25) is 0 Å². The molecule has 0 aliphatic rings. The summed E-state index contributed by atoms with van der Waals surface area (Å²) in [6, 6.07) is 15.4. The van der Waals surface area contributed by atoms with Crippen molar-refractivity contribution in [2.45, 2.75) is 59.3 Å². The van der Waals surface area contributed by atoms with Gasteiger partial charge in [-0.05, 0) is 70.8 Å². The maximum atomic E-state index is 9.29. The lowest BCUT2D eigenvalue weighted by Gasteiger charge is -2.15. The number of aromatic hydroxyl groups is 1. The van der Waals surface area contributed by atoms with Gasteiger partial charge in [-0.15, -0.1) is 0 Å². The summed E-state index contributed by atoms with van der Waals surface area (Å²) < 4.78 is 31.1. The smallest absolute Gasteiger partial charge is 0.203 e. The van der Waals surface area contributed by atoms with Crippen molar-refractivity contribution in [3.63, 3.8) is 0 Å². The molecule has 3 rings (SSSR count). The maximum absolute atomic E-state index is 9.29. The van der Waals surface area contributed by atoms with Crippen molar-refractivity contribution < 1.29 is 33.5 Å². The average molecular weight is 557 g/mol. The van der Waals surface area contributed by atoms with Crippen LogP contribution in [0.15, 0.2) is 48.5 Å². The van der Waals surface area contributed by atoms with E-state index in [0.717, 1.165) is 11.5 Å². The molecule has 7 nitrogen and oxygen atoms in total. The Kier molecular flexibility index (Phi) is 14.6. The number of phenolic OH excluding ortho intramolecular Hbond substituents is 1. The van der Waals surface area contributed by atoms with E-state index >= 15 is 0 Å². The van der Waals surface area contributed by atoms with Crippen LogP contribution in [0.25, 0.3) is 0 Å². The first-order chi connectivity index (χ1) is 19.0. The fourth-order valence-electron chi connectivity index (χ4n) is 3.70. The van der Waals surface area contributed by atoms with Crippen LogP contribution in [0, 0.1) is 0 Å². The summed E-state index contributed by atoms with van der Waals surface area (Å²) >= 11 is 0. The van der Waals surface area contributed by atoms with Crippen molar-refractivity contribution in [3.8, 4) is 40.2 Å². The first-order valence-electron chi connectivity index (χ1n) is 13.4. The van der Waals surface area contributed by atoms with Crippen LogP contribution in [0.4, 0.5) is 0 Å². The van der Waals surface area contributed by atoms with E-state index in [0.29, 0.717) is 40.8 Å². The van der Waals surface area contributed by atoms with E-state index in [9.17, 15) is 5.11 Å². The number of methoxy groups -OCH3 is 6. The highest BCUT2D eigenvalue weighted by Gasteiger charge is 2.14. The second kappa shape index (κ2) is 17.1. The van der Waals surface area contributed by atoms with E-state index in [1.165, 1.54) is 16.7 Å². The Morgan fingerprint density at radius 3 is 1.18 bits per heavy atom. The van der Waals surface area contributed by atoms with E-state index in [2.05, 4.69) is 47.6 Å². The number of ether oxygens (including phenoxy) is 6. The Hall–Kier alpha value is -3.74. The normalized spacial score (nSPS) is 10.3. The van der Waals surface area contributed by atoms with Crippen LogP contribution < -0.4 is 28.4 Å². The molecule has 0 radical (unpaired) electrons. The molecule has 0 aliphatic heterocycles. The highest BCUT2D eigenvalue weighted by atomic mass is 16.5. The molecule has 0 aromatic heterocycles. The number of phenols is 1. The van der Waals surface area contributed by atoms with Crippen molar-refractivity contribution in [1.29, 1.82) is 0 Å². The predicted molar refractivity (Wildman–Crippen MR) is 163 cm³/mol. The van der Waals surface area contributed by atoms with E-state index in [1.54, 1.807) is 48.7 Å². The van der Waals surface area contributed by atoms with Crippen LogP contribution in [0.3, 0.4) is 0 Å². The number of benzene rings is 3. The summed E-state index contributed by atoms with van der Waals surface area (Å²) in [5.74, 6) is 5.78. The van der Waals surface area contributed by atoms with Crippen molar-refractivity contribution in [1.82, 2.24) is 0 Å². The van der Waals surface area contributed by atoms with Crippen LogP contribution in [-0.4, -0.2) is 47.8 Å². The van der Waals surface area contributed by atoms with Gasteiger partial charge in [0.1, 0.15) is 0 Å². The van der Waals surface area contributed by atoms with Gasteiger partial charge in [0.05, 0.1) is 42.7 Å². The van der Waals surface area contributed by atoms with E-state index < -0.39 is 0 Å². The van der Waals surface area contributed by atoms with Crippen molar-refractivity contribution in [3.05, 3.63) is 65.2 Å². The molecule has 0 heterocycles. The largest absolute Gasteiger partial charge is 0.504 e. The molecule has 7 heteroatoms. The lowest BCUT2D eigenvalue weighted by molar-refractivity contribution is 0.323. The fourth-order valence-corrected chi connectivity index (χ4v) is 3.70. The van der Waals surface area contributed by atoms with Crippen LogP contribution in [0.5, 0.6) is 40.2 Å². The zero-order valence-electron chi connectivity index (χ0n) is 26.2. The summed E-state index contributed by atoms with van der Waals surface area (Å²) in [6.07, 6.45) is 0. The SMILES string of the molecule is COc1cc(C(C)C)cc(OC)c1OC.COc1cc(C(C)C)ccc1O.COc1ccc(C(C)C)cc1OC. The van der Waals surface area contributed by atoms with Gasteiger partial charge in [-0.1, -0.05) is 53.7 Å². The molecule has 222 valence electrons. The predicted octanol–water partition coefficient (Wildman–Crippen LogP) is 8.19. The van der Waals surface area contributed by atoms with Gasteiger partial charge in [0, 0.05) is 0 Å². The Bertz CT molecular complexity index is 1140. The topological polar surface area (TPSA) is 75.6 Å². The summed E-state index contributed by atoms with van der Waals surface area (Å²) in [6.45, 7) is 12.8. The minimum absolute atomic E-state index is 0.196. The third kappa shape index (κ3) is 9.78. The van der Waals surface area contributed by atoms with Gasteiger partial charge in [-0.25, -0.2) is 0 Å². The molecule has 0 bridgehead atoms. The first kappa shape index (κ1) is 34.3. The maximum Gasteiger partial charge on any atom is 0.203 e. The summed E-state index contributed by atoms with van der Waals surface area (Å²) in [4.78, 5) is 0. The Morgan fingerprint density at radius 2 is 0.800 bits per heavy atom. The molecule has 0 saturated carbocycles. The molecule has 0 aliphatic carbocycles. The monoisotopic (exact) mass is 556 g/mol. The van der Waals surface area contributed by atoms with Gasteiger partial charge in [0.25, 0.3) is 0 Å². The number of rotatable bonds is 9. The molecule has 0 unspecified atom stereocenters. The Balaban J connectivity index is 0.000000302. The third-order valence-corrected chi connectivity index (χ3v) is 6.30. The zero-order chi connectivity index (χ0) is 30.4. The molecular weight excluding hydrogens is 508 g/mol. The molecule has 0 spiro atoms. The minimum Gasteiger partial charge on any atom is -0.504 e. The van der Waals surface area contributed by atoms with Gasteiger partial charge >= 0.3 is 0 Å². The molecule has 0 fully saturated rings. The Morgan fingerprint density at radius 1 is 0.425 bits per heavy atom. The fraction of sp³-hybridized carbons (Fsp3) is 0.455. The van der Waals surface area contributed by atoms with Gasteiger partial charge in [0.2, 0.25) is 5.75 Å². The Labute approximate surface area is 241 Å². The molecule has 1 N–H and O–H groups in total. The second-order valence-corrected chi connectivity index (χ2v) is 9.97. The summed E-state index contributed by atoms with van der Waals surface area (Å²) in [5.41, 5.74) is 3.60. The number of hydrogen-bond acceptors (Lipinski definition) is 7. The van der Waals surface area contributed by atoms with E-state index in [1.807, 2.05) is 36.4 Å². The summed E-state index contributed by atoms with van der Waals surface area (Å²) in [7, 11) is 9.71. The zero-order valence-corrected chi connectivity index (χ0v) is 26.2. The highest BCUT2D eigenvalue weighted by molar-refractivity contribution is 5.54. The highest BCUT2D eigenvalue weighted by Crippen LogP contribution is 2.39. The molecular formula is C33H48O7. The van der Waals surface area contributed by atoms with E-state index in [4.69, 9.17) is 28.4 Å². The lowest BCUT2D eigenvalue weighted by Crippen LogP contribution is -1.97. The quantitative estimate of drug-likeness (QED) is 0.285. The third-order valence-electron chi connectivity index (χ3n) is 6.30. The van der Waals surface area contributed by atoms with Crippen LogP contribution >= 0.6 is 0 Å². The van der Waals surface area contributed by atoms with Crippen molar-refractivity contribution >= 4 is 0 Å². The van der Waals surface area contributed by atoms with Gasteiger partial charge in [-0.2, -0.15) is 0 Å². The van der Waals surface area contributed by atoms with Crippen LogP contribution in [-0.2, 0) is 0 Å². The van der Waals surface area contributed by atoms with Crippen LogP contribution in [0.1, 0.15) is 76.0 Å². The summed E-state index contributed by atoms with van der Waals surface area (Å²) in [5, 5.41) is 9.29. The minimum atomic E-state index is 0.196. The van der Waals surface area contributed by atoms with Gasteiger partial charge < -0.3 is 33.5 Å². The van der Waals surface area contributed by atoms with Crippen molar-refractivity contribution in [2.75, 3.05) is 42.7 Å². The average Bonchev–Trinajstić information content (AvgIpc) is 2.96. The molecule has 0 amide bonds. The molecule has 40 heavy (non-hydrogen) atoms.